The lowest BCUT2D eigenvalue weighted by atomic mass is 9.81. The number of nitrogens with one attached hydrogen (secondary N) is 1. The number of aryl methyl sites for hydroxylation is 2. The minimum Gasteiger partial charge on any atom is -0.481 e. The Labute approximate surface area is 159 Å². The lowest BCUT2D eigenvalue weighted by Crippen LogP contribution is -2.42. The highest BCUT2D eigenvalue weighted by Gasteiger charge is 2.55. The summed E-state index contributed by atoms with van der Waals surface area (Å²) in [6, 6.07) is -0.134. The molecule has 27 heavy (non-hydrogen) atoms. The predicted octanol–water partition coefficient (Wildman–Crippen LogP) is 1.83. The van der Waals surface area contributed by atoms with E-state index in [9.17, 15) is 14.7 Å². The number of likely N-dealkylation sites (tertiary alicyclic amines) is 1. The second-order valence-corrected chi connectivity index (χ2v) is 8.26. The highest BCUT2D eigenvalue weighted by molar-refractivity contribution is 5.80. The maximum atomic E-state index is 12.5. The van der Waals surface area contributed by atoms with Gasteiger partial charge in [-0.05, 0) is 38.0 Å². The van der Waals surface area contributed by atoms with Gasteiger partial charge in [0.15, 0.2) is 0 Å². The highest BCUT2D eigenvalue weighted by atomic mass is 16.4. The lowest BCUT2D eigenvalue weighted by molar-refractivity contribution is -0.149. The summed E-state index contributed by atoms with van der Waals surface area (Å²) in [6.45, 7) is 2.48. The molecule has 0 radical (unpaired) electrons. The van der Waals surface area contributed by atoms with Crippen molar-refractivity contribution in [2.75, 3.05) is 19.6 Å². The summed E-state index contributed by atoms with van der Waals surface area (Å²) >= 11 is 0. The fourth-order valence-electron chi connectivity index (χ4n) is 5.08. The fraction of sp³-hybridized carbons (Fsp3) is 0.789. The van der Waals surface area contributed by atoms with Gasteiger partial charge in [0.25, 0.3) is 0 Å². The monoisotopic (exact) mass is 375 g/mol. The number of rotatable bonds is 5. The van der Waals surface area contributed by atoms with E-state index in [4.69, 9.17) is 0 Å². The average molecular weight is 375 g/mol. The zero-order valence-electron chi connectivity index (χ0n) is 15.8. The van der Waals surface area contributed by atoms with Crippen LogP contribution in [0.15, 0.2) is 0 Å². The molecule has 2 amide bonds. The molecule has 0 unspecified atom stereocenters. The van der Waals surface area contributed by atoms with Crippen LogP contribution in [0.4, 0.5) is 4.79 Å². The first kappa shape index (κ1) is 18.3. The van der Waals surface area contributed by atoms with E-state index in [0.717, 1.165) is 50.3 Å². The largest absolute Gasteiger partial charge is 0.481 e. The number of carboxylic acid groups (broad SMARTS) is 1. The third-order valence-corrected chi connectivity index (χ3v) is 6.62. The Morgan fingerprint density at radius 1 is 1.22 bits per heavy atom. The van der Waals surface area contributed by atoms with E-state index in [0.29, 0.717) is 26.1 Å². The minimum absolute atomic E-state index is 0.104. The van der Waals surface area contributed by atoms with Gasteiger partial charge in [-0.15, -0.1) is 10.2 Å². The topological polar surface area (TPSA) is 100 Å². The molecule has 3 aliphatic rings. The fourth-order valence-corrected chi connectivity index (χ4v) is 5.08. The SMILES string of the molecule is O=C(NCCCc1nnc2n1CCCCC2)N1C[C@@H]2CCC[C@@]2(C(=O)O)C1. The van der Waals surface area contributed by atoms with Crippen molar-refractivity contribution in [2.24, 2.45) is 11.3 Å². The van der Waals surface area contributed by atoms with Gasteiger partial charge in [0.05, 0.1) is 5.41 Å². The van der Waals surface area contributed by atoms with E-state index in [1.54, 1.807) is 4.90 Å². The number of hydrogen-bond donors (Lipinski definition) is 2. The van der Waals surface area contributed by atoms with Crippen LogP contribution in [0.2, 0.25) is 0 Å². The Morgan fingerprint density at radius 2 is 2.11 bits per heavy atom. The maximum Gasteiger partial charge on any atom is 0.317 e. The molecule has 1 aliphatic carbocycles. The summed E-state index contributed by atoms with van der Waals surface area (Å²) in [5.74, 6) is 1.47. The molecule has 2 N–H and O–H groups in total. The van der Waals surface area contributed by atoms with Gasteiger partial charge in [0.2, 0.25) is 0 Å². The number of nitrogens with zero attached hydrogens (tertiary/aromatic N) is 4. The summed E-state index contributed by atoms with van der Waals surface area (Å²) in [7, 11) is 0. The highest BCUT2D eigenvalue weighted by Crippen LogP contribution is 2.48. The average Bonchev–Trinajstić information content (AvgIpc) is 3.27. The maximum absolute atomic E-state index is 12.5. The van der Waals surface area contributed by atoms with E-state index in [1.165, 1.54) is 19.3 Å². The minimum atomic E-state index is -0.743. The lowest BCUT2D eigenvalue weighted by Gasteiger charge is -2.23. The standard InChI is InChI=1S/C19H29N5O3/c25-17(26)19-9-4-6-14(19)12-23(13-19)18(27)20-10-5-8-16-22-21-15-7-2-1-3-11-24(15)16/h14H,1-13H2,(H,20,27)(H,25,26)/t14-,19+/m0/s1. The van der Waals surface area contributed by atoms with Crippen LogP contribution in [0, 0.1) is 11.3 Å². The molecule has 2 fully saturated rings. The number of urea groups is 1. The van der Waals surface area contributed by atoms with Gasteiger partial charge in [0.1, 0.15) is 11.6 Å². The molecule has 3 heterocycles. The Bertz CT molecular complexity index is 718. The first-order chi connectivity index (χ1) is 13.1. The van der Waals surface area contributed by atoms with Gasteiger partial charge in [0, 0.05) is 39.0 Å². The van der Waals surface area contributed by atoms with Crippen LogP contribution in [0.3, 0.4) is 0 Å². The van der Waals surface area contributed by atoms with Crippen LogP contribution in [0.25, 0.3) is 0 Å². The third-order valence-electron chi connectivity index (χ3n) is 6.62. The molecule has 0 aromatic carbocycles. The Hall–Kier alpha value is -2.12. The number of hydrogen-bond acceptors (Lipinski definition) is 4. The normalized spacial score (nSPS) is 27.1. The molecule has 1 saturated heterocycles. The molecule has 2 atom stereocenters. The zero-order valence-corrected chi connectivity index (χ0v) is 15.8. The zero-order chi connectivity index (χ0) is 18.9. The third kappa shape index (κ3) is 3.41. The number of carbonyl (C=O) groups excluding carboxylic acids is 1. The van der Waals surface area contributed by atoms with Crippen LogP contribution in [-0.2, 0) is 24.2 Å². The van der Waals surface area contributed by atoms with Crippen LogP contribution >= 0.6 is 0 Å². The van der Waals surface area contributed by atoms with E-state index in [2.05, 4.69) is 20.1 Å². The Kier molecular flexibility index (Phi) is 5.06. The molecule has 8 nitrogen and oxygen atoms in total. The smallest absolute Gasteiger partial charge is 0.317 e. The van der Waals surface area contributed by atoms with Crippen molar-refractivity contribution in [1.29, 1.82) is 0 Å². The summed E-state index contributed by atoms with van der Waals surface area (Å²) in [4.78, 5) is 25.9. The van der Waals surface area contributed by atoms with Gasteiger partial charge >= 0.3 is 12.0 Å². The summed E-state index contributed by atoms with van der Waals surface area (Å²) < 4.78 is 2.24. The van der Waals surface area contributed by atoms with Crippen molar-refractivity contribution < 1.29 is 14.7 Å². The van der Waals surface area contributed by atoms with Crippen LogP contribution in [0.5, 0.6) is 0 Å². The molecule has 8 heteroatoms. The summed E-state index contributed by atoms with van der Waals surface area (Å²) in [5.41, 5.74) is -0.712. The molecule has 0 spiro atoms. The quantitative estimate of drug-likeness (QED) is 0.765. The second-order valence-electron chi connectivity index (χ2n) is 8.26. The molecule has 1 saturated carbocycles. The van der Waals surface area contributed by atoms with Crippen molar-refractivity contribution in [3.63, 3.8) is 0 Å². The molecular weight excluding hydrogens is 346 g/mol. The van der Waals surface area contributed by atoms with Crippen molar-refractivity contribution in [3.8, 4) is 0 Å². The van der Waals surface area contributed by atoms with Gasteiger partial charge < -0.3 is 19.9 Å². The number of aliphatic carboxylic acids is 1. The van der Waals surface area contributed by atoms with Gasteiger partial charge in [-0.25, -0.2) is 4.79 Å². The van der Waals surface area contributed by atoms with Gasteiger partial charge in [-0.3, -0.25) is 4.79 Å². The number of aromatic nitrogens is 3. The number of amides is 2. The first-order valence-electron chi connectivity index (χ1n) is 10.3. The van der Waals surface area contributed by atoms with E-state index >= 15 is 0 Å². The molecule has 1 aromatic heterocycles. The van der Waals surface area contributed by atoms with E-state index in [-0.39, 0.29) is 11.9 Å². The van der Waals surface area contributed by atoms with Gasteiger partial charge in [-0.1, -0.05) is 12.8 Å². The molecule has 148 valence electrons. The predicted molar refractivity (Wildman–Crippen MR) is 98.3 cm³/mol. The molecule has 0 bridgehead atoms. The van der Waals surface area contributed by atoms with Crippen molar-refractivity contribution in [3.05, 3.63) is 11.6 Å². The first-order valence-corrected chi connectivity index (χ1v) is 10.3. The van der Waals surface area contributed by atoms with Crippen molar-refractivity contribution >= 4 is 12.0 Å². The van der Waals surface area contributed by atoms with E-state index < -0.39 is 11.4 Å². The van der Waals surface area contributed by atoms with Crippen molar-refractivity contribution in [2.45, 2.75) is 64.3 Å². The van der Waals surface area contributed by atoms with E-state index in [1.807, 2.05) is 0 Å². The number of fused-ring (bicyclic) bond motifs is 2. The van der Waals surface area contributed by atoms with Crippen LogP contribution < -0.4 is 5.32 Å². The van der Waals surface area contributed by atoms with Gasteiger partial charge in [-0.2, -0.15) is 0 Å². The molecule has 2 aliphatic heterocycles. The number of carbonyl (C=O) groups is 2. The van der Waals surface area contributed by atoms with Crippen LogP contribution in [-0.4, -0.2) is 56.4 Å². The summed E-state index contributed by atoms with van der Waals surface area (Å²) in [5, 5.41) is 21.2. The molecule has 1 aromatic rings. The Morgan fingerprint density at radius 3 is 2.93 bits per heavy atom. The molecular formula is C19H29N5O3. The number of carboxylic acids is 1. The summed E-state index contributed by atoms with van der Waals surface area (Å²) in [6.07, 6.45) is 8.77. The van der Waals surface area contributed by atoms with Crippen molar-refractivity contribution in [1.82, 2.24) is 25.0 Å². The molecule has 4 rings (SSSR count). The Balaban J connectivity index is 1.25. The second kappa shape index (κ2) is 7.48. The van der Waals surface area contributed by atoms with Crippen LogP contribution in [0.1, 0.15) is 56.6 Å².